The Morgan fingerprint density at radius 2 is 1.87 bits per heavy atom. The van der Waals surface area contributed by atoms with Crippen LogP contribution in [0.5, 0.6) is 0 Å². The summed E-state index contributed by atoms with van der Waals surface area (Å²) in [6.07, 6.45) is 2.23. The summed E-state index contributed by atoms with van der Waals surface area (Å²) in [7, 11) is 1.84. The SMILES string of the molecule is Cn1c(/C(C#N)=C(\O)CSc2nnc(C3CC3)n2-c2ccccc2)nc2ccccc21. The summed E-state index contributed by atoms with van der Waals surface area (Å²) in [5.41, 5.74) is 2.85. The number of fused-ring (bicyclic) bond motifs is 1. The standard InChI is InChI=1S/C23H20N6OS/c1-28-19-10-6-5-9-18(19)25-22(28)17(13-24)20(30)14-31-23-27-26-21(15-11-12-15)29(23)16-7-3-2-4-8-16/h2-10,15,30H,11-12,14H2,1H3/b20-17-. The Morgan fingerprint density at radius 3 is 2.58 bits per heavy atom. The van der Waals surface area contributed by atoms with E-state index in [1.807, 2.05) is 66.2 Å². The van der Waals surface area contributed by atoms with E-state index in [0.29, 0.717) is 16.9 Å². The Kier molecular flexibility index (Phi) is 4.96. The molecule has 1 aliphatic carbocycles. The van der Waals surface area contributed by atoms with Gasteiger partial charge in [-0.05, 0) is 37.1 Å². The van der Waals surface area contributed by atoms with Crippen molar-refractivity contribution in [2.75, 3.05) is 5.75 Å². The predicted octanol–water partition coefficient (Wildman–Crippen LogP) is 4.62. The first kappa shape index (κ1) is 19.4. The highest BCUT2D eigenvalue weighted by atomic mass is 32.2. The number of aromatic nitrogens is 5. The van der Waals surface area contributed by atoms with E-state index >= 15 is 0 Å². The van der Waals surface area contributed by atoms with Gasteiger partial charge in [-0.1, -0.05) is 42.1 Å². The lowest BCUT2D eigenvalue weighted by Gasteiger charge is -2.10. The van der Waals surface area contributed by atoms with E-state index in [4.69, 9.17) is 0 Å². The number of rotatable bonds is 6. The Hall–Kier alpha value is -3.57. The number of hydrogen-bond acceptors (Lipinski definition) is 6. The number of imidazole rings is 1. The lowest BCUT2D eigenvalue weighted by atomic mass is 10.2. The molecular weight excluding hydrogens is 408 g/mol. The van der Waals surface area contributed by atoms with Gasteiger partial charge in [-0.3, -0.25) is 4.57 Å². The third-order valence-corrected chi connectivity index (χ3v) is 6.30. The molecule has 0 atom stereocenters. The average Bonchev–Trinajstić information content (AvgIpc) is 3.48. The maximum atomic E-state index is 10.8. The number of para-hydroxylation sites is 3. The summed E-state index contributed by atoms with van der Waals surface area (Å²) >= 11 is 1.36. The summed E-state index contributed by atoms with van der Waals surface area (Å²) in [4.78, 5) is 4.54. The fraction of sp³-hybridized carbons (Fsp3) is 0.217. The van der Waals surface area contributed by atoms with Gasteiger partial charge in [0.2, 0.25) is 0 Å². The van der Waals surface area contributed by atoms with Crippen molar-refractivity contribution in [3.05, 3.63) is 72.0 Å². The van der Waals surface area contributed by atoms with Crippen molar-refractivity contribution in [3.8, 4) is 11.8 Å². The van der Waals surface area contributed by atoms with Gasteiger partial charge in [-0.2, -0.15) is 5.26 Å². The number of thioether (sulfide) groups is 1. The predicted molar refractivity (Wildman–Crippen MR) is 120 cm³/mol. The molecule has 5 rings (SSSR count). The van der Waals surface area contributed by atoms with Gasteiger partial charge < -0.3 is 9.67 Å². The molecule has 1 aliphatic rings. The molecule has 0 amide bonds. The van der Waals surface area contributed by atoms with Crippen LogP contribution >= 0.6 is 11.8 Å². The van der Waals surface area contributed by atoms with E-state index in [2.05, 4.69) is 25.8 Å². The van der Waals surface area contributed by atoms with Crippen molar-refractivity contribution in [2.45, 2.75) is 23.9 Å². The van der Waals surface area contributed by atoms with Gasteiger partial charge in [-0.15, -0.1) is 10.2 Å². The first-order valence-electron chi connectivity index (χ1n) is 10.0. The molecule has 1 N–H and O–H groups in total. The number of allylic oxidation sites excluding steroid dienone is 1. The Balaban J connectivity index is 1.47. The first-order valence-corrected chi connectivity index (χ1v) is 11.0. The van der Waals surface area contributed by atoms with Crippen LogP contribution in [-0.2, 0) is 7.05 Å². The molecule has 0 unspecified atom stereocenters. The number of aliphatic hydroxyl groups excluding tert-OH is 1. The molecule has 8 heteroatoms. The summed E-state index contributed by atoms with van der Waals surface area (Å²) in [6, 6.07) is 19.8. The van der Waals surface area contributed by atoms with Gasteiger partial charge in [0.15, 0.2) is 11.0 Å². The van der Waals surface area contributed by atoms with Crippen LogP contribution in [0, 0.1) is 11.3 Å². The molecule has 0 spiro atoms. The first-order chi connectivity index (χ1) is 15.2. The minimum Gasteiger partial charge on any atom is -0.510 e. The zero-order valence-corrected chi connectivity index (χ0v) is 17.8. The molecule has 2 aromatic carbocycles. The van der Waals surface area contributed by atoms with Crippen LogP contribution in [0.25, 0.3) is 22.3 Å². The van der Waals surface area contributed by atoms with Gasteiger partial charge in [0.25, 0.3) is 0 Å². The molecule has 31 heavy (non-hydrogen) atoms. The molecule has 2 heterocycles. The van der Waals surface area contributed by atoms with Gasteiger partial charge in [0.1, 0.15) is 23.2 Å². The van der Waals surface area contributed by atoms with Gasteiger partial charge in [0.05, 0.1) is 16.8 Å². The summed E-state index contributed by atoms with van der Waals surface area (Å²) in [5, 5.41) is 30.0. The second-order valence-electron chi connectivity index (χ2n) is 7.49. The molecule has 154 valence electrons. The van der Waals surface area contributed by atoms with Gasteiger partial charge >= 0.3 is 0 Å². The summed E-state index contributed by atoms with van der Waals surface area (Å²) < 4.78 is 3.88. The quantitative estimate of drug-likeness (QED) is 0.274. The third-order valence-electron chi connectivity index (χ3n) is 5.36. The smallest absolute Gasteiger partial charge is 0.196 e. The van der Waals surface area contributed by atoms with Crippen LogP contribution in [0.1, 0.15) is 30.4 Å². The average molecular weight is 429 g/mol. The number of hydrogen-bond donors (Lipinski definition) is 1. The zero-order chi connectivity index (χ0) is 21.4. The minimum absolute atomic E-state index is 0.0264. The van der Waals surface area contributed by atoms with Crippen LogP contribution in [0.2, 0.25) is 0 Å². The fourth-order valence-electron chi connectivity index (χ4n) is 3.62. The van der Waals surface area contributed by atoms with Crippen LogP contribution < -0.4 is 0 Å². The Labute approximate surface area is 183 Å². The maximum Gasteiger partial charge on any atom is 0.196 e. The second kappa shape index (κ2) is 7.93. The van der Waals surface area contributed by atoms with Crippen molar-refractivity contribution in [1.82, 2.24) is 24.3 Å². The molecule has 7 nitrogen and oxygen atoms in total. The molecule has 1 saturated carbocycles. The van der Waals surface area contributed by atoms with Crippen molar-refractivity contribution in [3.63, 3.8) is 0 Å². The van der Waals surface area contributed by atoms with E-state index in [-0.39, 0.29) is 17.1 Å². The fourth-order valence-corrected chi connectivity index (χ4v) is 4.45. The molecule has 0 aliphatic heterocycles. The highest BCUT2D eigenvalue weighted by molar-refractivity contribution is 7.99. The van der Waals surface area contributed by atoms with Crippen LogP contribution in [-0.4, -0.2) is 35.2 Å². The molecular formula is C23H20N6OS. The van der Waals surface area contributed by atoms with Crippen molar-refractivity contribution < 1.29 is 5.11 Å². The normalized spacial score (nSPS) is 14.5. The molecule has 0 bridgehead atoms. The van der Waals surface area contributed by atoms with E-state index in [9.17, 15) is 10.4 Å². The lowest BCUT2D eigenvalue weighted by Crippen LogP contribution is -2.03. The van der Waals surface area contributed by atoms with Crippen LogP contribution in [0.4, 0.5) is 0 Å². The van der Waals surface area contributed by atoms with E-state index < -0.39 is 0 Å². The maximum absolute atomic E-state index is 10.8. The summed E-state index contributed by atoms with van der Waals surface area (Å²) in [5.74, 6) is 2.00. The molecule has 2 aromatic heterocycles. The van der Waals surface area contributed by atoms with Crippen LogP contribution in [0.3, 0.4) is 0 Å². The number of nitriles is 1. The molecule has 0 saturated heterocycles. The number of aryl methyl sites for hydroxylation is 1. The monoisotopic (exact) mass is 428 g/mol. The largest absolute Gasteiger partial charge is 0.510 e. The van der Waals surface area contributed by atoms with E-state index in [1.54, 1.807) is 0 Å². The minimum atomic E-state index is -0.0264. The number of nitrogens with zero attached hydrogens (tertiary/aromatic N) is 6. The highest BCUT2D eigenvalue weighted by Crippen LogP contribution is 2.41. The second-order valence-corrected chi connectivity index (χ2v) is 8.43. The number of aliphatic hydroxyl groups is 1. The third kappa shape index (κ3) is 3.57. The molecule has 1 fully saturated rings. The zero-order valence-electron chi connectivity index (χ0n) is 16.9. The van der Waals surface area contributed by atoms with Crippen molar-refractivity contribution in [2.24, 2.45) is 7.05 Å². The highest BCUT2D eigenvalue weighted by Gasteiger charge is 2.31. The Bertz CT molecular complexity index is 1330. The van der Waals surface area contributed by atoms with E-state index in [0.717, 1.165) is 35.4 Å². The Morgan fingerprint density at radius 1 is 1.13 bits per heavy atom. The van der Waals surface area contributed by atoms with Gasteiger partial charge in [-0.25, -0.2) is 4.98 Å². The topological polar surface area (TPSA) is 92.5 Å². The molecule has 4 aromatic rings. The van der Waals surface area contributed by atoms with Crippen molar-refractivity contribution >= 4 is 28.4 Å². The summed E-state index contributed by atoms with van der Waals surface area (Å²) in [6.45, 7) is 0. The van der Waals surface area contributed by atoms with Crippen LogP contribution in [0.15, 0.2) is 65.5 Å². The lowest BCUT2D eigenvalue weighted by molar-refractivity contribution is 0.420. The van der Waals surface area contributed by atoms with Gasteiger partial charge in [0, 0.05) is 18.7 Å². The van der Waals surface area contributed by atoms with E-state index in [1.165, 1.54) is 11.8 Å². The number of benzene rings is 2. The molecule has 0 radical (unpaired) electrons. The van der Waals surface area contributed by atoms with Crippen molar-refractivity contribution in [1.29, 1.82) is 5.26 Å².